The zero-order valence-corrected chi connectivity index (χ0v) is 33.8. The average molecular weight is 768 g/mol. The van der Waals surface area contributed by atoms with E-state index in [1.807, 2.05) is 49.6 Å². The first-order valence-electron chi connectivity index (χ1n) is 20.1. The number of unbranched alkanes of at least 4 members (excludes halogenated alkanes) is 1. The summed E-state index contributed by atoms with van der Waals surface area (Å²) >= 11 is 0. The van der Waals surface area contributed by atoms with E-state index >= 15 is 0 Å². The average Bonchev–Trinajstić information content (AvgIpc) is 4.01. The first-order valence-corrected chi connectivity index (χ1v) is 20.1. The number of carbonyl (C=O) groups is 4. The van der Waals surface area contributed by atoms with Crippen LogP contribution in [0.15, 0.2) is 36.4 Å². The summed E-state index contributed by atoms with van der Waals surface area (Å²) < 4.78 is 9.69. The van der Waals surface area contributed by atoms with Crippen molar-refractivity contribution in [2.75, 3.05) is 27.3 Å². The molecule has 0 radical (unpaired) electrons. The van der Waals surface area contributed by atoms with Gasteiger partial charge in [-0.2, -0.15) is 0 Å². The summed E-state index contributed by atoms with van der Waals surface area (Å²) in [6.07, 6.45) is 7.97. The number of H-pyrrole nitrogens is 2. The number of benzene rings is 2. The minimum atomic E-state index is -0.693. The first kappa shape index (κ1) is 40.5. The Morgan fingerprint density at radius 3 is 2.02 bits per heavy atom. The molecule has 2 aromatic carbocycles. The van der Waals surface area contributed by atoms with Crippen molar-refractivity contribution in [2.24, 2.45) is 17.8 Å². The van der Waals surface area contributed by atoms with Crippen LogP contribution in [0.1, 0.15) is 121 Å². The van der Waals surface area contributed by atoms with Gasteiger partial charge in [-0.1, -0.05) is 59.2 Å². The van der Waals surface area contributed by atoms with Crippen LogP contribution in [0.5, 0.6) is 0 Å². The minimum Gasteiger partial charge on any atom is -0.469 e. The van der Waals surface area contributed by atoms with Gasteiger partial charge in [0.1, 0.15) is 17.7 Å². The molecular weight excluding hydrogens is 711 g/mol. The van der Waals surface area contributed by atoms with Crippen molar-refractivity contribution >= 4 is 57.6 Å². The highest BCUT2D eigenvalue weighted by atomic mass is 16.5. The SMILES string of the molecule is CCCC/C(=C/c1ccc2nc([C@@H]3CCCN3C(=O)[C@@H](NC(=O)OC)C(C)C)[nH]c2c1)c1ccc2nc([C@@H]3CCCN3C(=O)[C@@H](CC(=O)OC)C(C)C)[nH]c2c1. The standard InChI is InChI=1S/C43H57N7O6/c1-8-9-12-28(29-16-18-32-34(23-29)47-39(45-32)35-13-10-19-49(35)41(52)30(25(2)3)24-37(51)55-6)21-27-15-17-31-33(22-27)46-40(44-31)36-14-11-20-50(36)42(53)38(26(4)5)48-43(54)56-7/h15-18,21-23,25-26,30,35-36,38H,8-14,19-20,24H2,1-7H3,(H,44,46)(H,45,47)(H,48,54)/b28-21-/t30-,35-,36-,38-/m0/s1. The molecule has 0 aliphatic carbocycles. The molecule has 3 N–H and O–H groups in total. The van der Waals surface area contributed by atoms with E-state index in [0.717, 1.165) is 89.8 Å². The summed E-state index contributed by atoms with van der Waals surface area (Å²) in [5, 5.41) is 2.72. The molecule has 13 heteroatoms. The van der Waals surface area contributed by atoms with Crippen LogP contribution in [-0.2, 0) is 23.9 Å². The highest BCUT2D eigenvalue weighted by molar-refractivity contribution is 5.90. The molecule has 2 aliphatic rings. The van der Waals surface area contributed by atoms with Gasteiger partial charge in [-0.15, -0.1) is 0 Å². The highest BCUT2D eigenvalue weighted by Crippen LogP contribution is 2.36. The molecule has 4 aromatic rings. The largest absolute Gasteiger partial charge is 0.469 e. The highest BCUT2D eigenvalue weighted by Gasteiger charge is 2.39. The molecular formula is C43H57N7O6. The first-order chi connectivity index (χ1) is 26.9. The number of methoxy groups -OCH3 is 2. The Kier molecular flexibility index (Phi) is 12.8. The van der Waals surface area contributed by atoms with Crippen LogP contribution in [-0.4, -0.2) is 87.0 Å². The van der Waals surface area contributed by atoms with Crippen LogP contribution in [0.25, 0.3) is 33.7 Å². The van der Waals surface area contributed by atoms with Crippen molar-refractivity contribution in [3.63, 3.8) is 0 Å². The number of rotatable bonds is 14. The molecule has 2 aliphatic heterocycles. The molecule has 4 heterocycles. The van der Waals surface area contributed by atoms with Crippen LogP contribution in [0.4, 0.5) is 4.79 Å². The number of likely N-dealkylation sites (tertiary alicyclic amines) is 2. The molecule has 0 bridgehead atoms. The molecule has 2 fully saturated rings. The minimum absolute atomic E-state index is 0.000353. The lowest BCUT2D eigenvalue weighted by Gasteiger charge is -2.29. The molecule has 56 heavy (non-hydrogen) atoms. The van der Waals surface area contributed by atoms with Crippen LogP contribution in [0.3, 0.4) is 0 Å². The summed E-state index contributed by atoms with van der Waals surface area (Å²) in [4.78, 5) is 72.3. The van der Waals surface area contributed by atoms with Crippen molar-refractivity contribution in [3.05, 3.63) is 59.2 Å². The quantitative estimate of drug-likeness (QED) is 0.0868. The number of aromatic nitrogens is 4. The Balaban J connectivity index is 1.24. The van der Waals surface area contributed by atoms with E-state index < -0.39 is 18.1 Å². The van der Waals surface area contributed by atoms with Crippen molar-refractivity contribution in [2.45, 2.75) is 104 Å². The second kappa shape index (κ2) is 17.7. The van der Waals surface area contributed by atoms with Crippen molar-refractivity contribution in [3.8, 4) is 0 Å². The van der Waals surface area contributed by atoms with Gasteiger partial charge < -0.3 is 34.6 Å². The number of carbonyl (C=O) groups excluding carboxylic acids is 4. The summed E-state index contributed by atoms with van der Waals surface area (Å²) in [7, 11) is 2.65. The van der Waals surface area contributed by atoms with Gasteiger partial charge in [0.05, 0.1) is 60.7 Å². The molecule has 0 saturated carbocycles. The van der Waals surface area contributed by atoms with Gasteiger partial charge in [0, 0.05) is 13.1 Å². The number of nitrogens with zero attached hydrogens (tertiary/aromatic N) is 4. The van der Waals surface area contributed by atoms with E-state index in [1.165, 1.54) is 19.8 Å². The molecule has 300 valence electrons. The van der Waals surface area contributed by atoms with Gasteiger partial charge in [-0.05, 0) is 91.3 Å². The Morgan fingerprint density at radius 1 is 0.839 bits per heavy atom. The maximum absolute atomic E-state index is 13.8. The zero-order chi connectivity index (χ0) is 40.1. The number of fused-ring (bicyclic) bond motifs is 2. The van der Waals surface area contributed by atoms with Crippen molar-refractivity contribution in [1.29, 1.82) is 0 Å². The molecule has 2 saturated heterocycles. The third-order valence-electron chi connectivity index (χ3n) is 11.4. The maximum Gasteiger partial charge on any atom is 0.407 e. The molecule has 3 amide bonds. The van der Waals surface area contributed by atoms with E-state index in [2.05, 4.69) is 52.5 Å². The number of alkyl carbamates (subject to hydrolysis) is 1. The normalized spacial score (nSPS) is 18.6. The van der Waals surface area contributed by atoms with E-state index in [0.29, 0.717) is 13.1 Å². The molecule has 2 aromatic heterocycles. The maximum atomic E-state index is 13.8. The Morgan fingerprint density at radius 2 is 1.45 bits per heavy atom. The van der Waals surface area contributed by atoms with Crippen LogP contribution >= 0.6 is 0 Å². The van der Waals surface area contributed by atoms with E-state index in [1.54, 1.807) is 0 Å². The predicted molar refractivity (Wildman–Crippen MR) is 216 cm³/mol. The van der Waals surface area contributed by atoms with Gasteiger partial charge in [-0.25, -0.2) is 14.8 Å². The Hall–Kier alpha value is -5.20. The Labute approximate surface area is 329 Å². The fourth-order valence-electron chi connectivity index (χ4n) is 8.14. The smallest absolute Gasteiger partial charge is 0.407 e. The van der Waals surface area contributed by atoms with E-state index in [9.17, 15) is 19.2 Å². The fourth-order valence-corrected chi connectivity index (χ4v) is 8.14. The summed E-state index contributed by atoms with van der Waals surface area (Å²) in [6, 6.07) is 11.4. The molecule has 4 atom stereocenters. The summed E-state index contributed by atoms with van der Waals surface area (Å²) in [5.41, 5.74) is 6.83. The number of amides is 3. The topological polar surface area (TPSA) is 163 Å². The number of esters is 1. The van der Waals surface area contributed by atoms with Gasteiger partial charge in [-0.3, -0.25) is 14.4 Å². The molecule has 0 spiro atoms. The zero-order valence-electron chi connectivity index (χ0n) is 33.8. The van der Waals surface area contributed by atoms with Crippen molar-refractivity contribution < 1.29 is 28.7 Å². The van der Waals surface area contributed by atoms with Gasteiger partial charge in [0.2, 0.25) is 11.8 Å². The number of hydrogen-bond acceptors (Lipinski definition) is 8. The van der Waals surface area contributed by atoms with Crippen LogP contribution < -0.4 is 5.32 Å². The molecule has 13 nitrogen and oxygen atoms in total. The number of imidazole rings is 2. The number of allylic oxidation sites excluding steroid dienone is 1. The van der Waals surface area contributed by atoms with Crippen LogP contribution in [0, 0.1) is 17.8 Å². The van der Waals surface area contributed by atoms with Gasteiger partial charge in [0.15, 0.2) is 0 Å². The number of hydrogen-bond donors (Lipinski definition) is 3. The summed E-state index contributed by atoms with van der Waals surface area (Å²) in [6.45, 7) is 11.2. The lowest BCUT2D eigenvalue weighted by Crippen LogP contribution is -2.51. The molecule has 6 rings (SSSR count). The monoisotopic (exact) mass is 767 g/mol. The predicted octanol–water partition coefficient (Wildman–Crippen LogP) is 7.71. The van der Waals surface area contributed by atoms with E-state index in [4.69, 9.17) is 19.4 Å². The number of ether oxygens (including phenoxy) is 2. The third kappa shape index (κ3) is 8.76. The number of nitrogens with one attached hydrogen (secondary N) is 3. The summed E-state index contributed by atoms with van der Waals surface area (Å²) in [5.74, 6) is 0.419. The number of aromatic amines is 2. The van der Waals surface area contributed by atoms with Gasteiger partial charge in [0.25, 0.3) is 0 Å². The third-order valence-corrected chi connectivity index (χ3v) is 11.4. The second-order valence-electron chi connectivity index (χ2n) is 15.9. The van der Waals surface area contributed by atoms with Gasteiger partial charge >= 0.3 is 12.1 Å². The lowest BCUT2D eigenvalue weighted by molar-refractivity contribution is -0.148. The van der Waals surface area contributed by atoms with Crippen LogP contribution in [0.2, 0.25) is 0 Å². The fraction of sp³-hybridized carbons (Fsp3) is 0.535. The lowest BCUT2D eigenvalue weighted by atomic mass is 9.91. The Bertz CT molecular complexity index is 2080. The molecule has 0 unspecified atom stereocenters. The second-order valence-corrected chi connectivity index (χ2v) is 15.9. The van der Waals surface area contributed by atoms with E-state index in [-0.39, 0.29) is 48.1 Å². The van der Waals surface area contributed by atoms with Crippen molar-refractivity contribution in [1.82, 2.24) is 35.1 Å².